The summed E-state index contributed by atoms with van der Waals surface area (Å²) < 4.78 is 33.2. The van der Waals surface area contributed by atoms with Crippen molar-refractivity contribution in [3.63, 3.8) is 0 Å². The highest BCUT2D eigenvalue weighted by molar-refractivity contribution is 7.89. The molecule has 29 heavy (non-hydrogen) atoms. The number of unbranched alkanes of at least 4 members (excludes halogenated alkanes) is 1. The van der Waals surface area contributed by atoms with Crippen molar-refractivity contribution >= 4 is 15.9 Å². The van der Waals surface area contributed by atoms with E-state index in [1.54, 1.807) is 12.1 Å². The number of carbonyl (C=O) groups excluding carboxylic acids is 1. The summed E-state index contributed by atoms with van der Waals surface area (Å²) in [5.74, 6) is -0.215. The van der Waals surface area contributed by atoms with Crippen LogP contribution in [0.4, 0.5) is 0 Å². The van der Waals surface area contributed by atoms with Crippen molar-refractivity contribution in [1.82, 2.24) is 14.9 Å². The molecule has 0 aliphatic carbocycles. The van der Waals surface area contributed by atoms with E-state index >= 15 is 0 Å². The van der Waals surface area contributed by atoms with E-state index in [4.69, 9.17) is 4.74 Å². The van der Waals surface area contributed by atoms with Crippen LogP contribution in [-0.4, -0.2) is 64.2 Å². The van der Waals surface area contributed by atoms with Gasteiger partial charge in [0, 0.05) is 37.8 Å². The van der Waals surface area contributed by atoms with Gasteiger partial charge in [-0.15, -0.1) is 0 Å². The minimum absolute atomic E-state index is 0.0700. The highest BCUT2D eigenvalue weighted by atomic mass is 32.2. The Bertz CT molecular complexity index is 770. The third-order valence-electron chi connectivity index (χ3n) is 5.68. The third kappa shape index (κ3) is 6.50. The zero-order valence-corrected chi connectivity index (χ0v) is 18.0. The summed E-state index contributed by atoms with van der Waals surface area (Å²) in [7, 11) is -3.67. The minimum atomic E-state index is -3.67. The summed E-state index contributed by atoms with van der Waals surface area (Å²) >= 11 is 0. The number of likely N-dealkylation sites (tertiary alicyclic amines) is 1. The highest BCUT2D eigenvalue weighted by Crippen LogP contribution is 2.16. The fourth-order valence-electron chi connectivity index (χ4n) is 3.85. The van der Waals surface area contributed by atoms with E-state index in [0.717, 1.165) is 45.3 Å². The SMILES string of the molecule is CCCCN1CCC(NC(=O)c2cccc(S(=O)(=O)NCC3CCCO3)c2)CC1. The third-order valence-corrected chi connectivity index (χ3v) is 7.10. The van der Waals surface area contributed by atoms with E-state index in [1.165, 1.54) is 25.0 Å². The van der Waals surface area contributed by atoms with Gasteiger partial charge in [0.25, 0.3) is 5.91 Å². The molecule has 0 aromatic heterocycles. The fraction of sp³-hybridized carbons (Fsp3) is 0.667. The van der Waals surface area contributed by atoms with Gasteiger partial charge in [0.2, 0.25) is 10.0 Å². The van der Waals surface area contributed by atoms with Gasteiger partial charge in [-0.1, -0.05) is 19.4 Å². The van der Waals surface area contributed by atoms with Gasteiger partial charge in [-0.3, -0.25) is 4.79 Å². The van der Waals surface area contributed by atoms with Gasteiger partial charge in [0.1, 0.15) is 0 Å². The first-order chi connectivity index (χ1) is 14.0. The van der Waals surface area contributed by atoms with Crippen molar-refractivity contribution in [3.8, 4) is 0 Å². The highest BCUT2D eigenvalue weighted by Gasteiger charge is 2.23. The number of amides is 1. The predicted octanol–water partition coefficient (Wildman–Crippen LogP) is 2.14. The zero-order chi connectivity index (χ0) is 20.7. The number of carbonyl (C=O) groups is 1. The summed E-state index contributed by atoms with van der Waals surface area (Å²) in [6.45, 7) is 6.24. The minimum Gasteiger partial charge on any atom is -0.377 e. The van der Waals surface area contributed by atoms with Crippen LogP contribution in [0.25, 0.3) is 0 Å². The zero-order valence-electron chi connectivity index (χ0n) is 17.2. The van der Waals surface area contributed by atoms with Gasteiger partial charge in [-0.2, -0.15) is 0 Å². The van der Waals surface area contributed by atoms with Crippen LogP contribution >= 0.6 is 0 Å². The molecular weight excluding hydrogens is 390 g/mol. The molecule has 1 amide bonds. The number of rotatable bonds is 9. The molecule has 0 saturated carbocycles. The van der Waals surface area contributed by atoms with Crippen molar-refractivity contribution in [3.05, 3.63) is 29.8 Å². The Labute approximate surface area is 174 Å². The molecule has 2 fully saturated rings. The largest absolute Gasteiger partial charge is 0.377 e. The Morgan fingerprint density at radius 2 is 2.03 bits per heavy atom. The van der Waals surface area contributed by atoms with E-state index < -0.39 is 10.0 Å². The Balaban J connectivity index is 1.53. The molecule has 0 bridgehead atoms. The molecule has 2 heterocycles. The molecule has 7 nitrogen and oxygen atoms in total. The van der Waals surface area contributed by atoms with Crippen LogP contribution in [0.2, 0.25) is 0 Å². The van der Waals surface area contributed by atoms with Gasteiger partial charge >= 0.3 is 0 Å². The van der Waals surface area contributed by atoms with Gasteiger partial charge in [-0.05, 0) is 56.8 Å². The Kier molecular flexibility index (Phi) is 8.06. The molecule has 0 radical (unpaired) electrons. The van der Waals surface area contributed by atoms with E-state index in [2.05, 4.69) is 21.9 Å². The van der Waals surface area contributed by atoms with E-state index in [0.29, 0.717) is 12.2 Å². The molecular formula is C21H33N3O4S. The number of nitrogens with zero attached hydrogens (tertiary/aromatic N) is 1. The Morgan fingerprint density at radius 3 is 2.72 bits per heavy atom. The molecule has 2 N–H and O–H groups in total. The van der Waals surface area contributed by atoms with Crippen molar-refractivity contribution in [2.75, 3.05) is 32.8 Å². The fourth-order valence-corrected chi connectivity index (χ4v) is 4.96. The number of hydrogen-bond donors (Lipinski definition) is 2. The lowest BCUT2D eigenvalue weighted by molar-refractivity contribution is 0.0910. The lowest BCUT2D eigenvalue weighted by Gasteiger charge is -2.32. The predicted molar refractivity (Wildman–Crippen MR) is 112 cm³/mol. The molecule has 2 aliphatic heterocycles. The molecule has 2 saturated heterocycles. The number of ether oxygens (including phenoxy) is 1. The molecule has 1 aromatic rings. The first kappa shape index (κ1) is 22.2. The molecule has 1 aromatic carbocycles. The second kappa shape index (κ2) is 10.5. The van der Waals surface area contributed by atoms with E-state index in [1.807, 2.05) is 0 Å². The Morgan fingerprint density at radius 1 is 1.24 bits per heavy atom. The molecule has 3 rings (SSSR count). The topological polar surface area (TPSA) is 87.7 Å². The normalized spacial score (nSPS) is 21.3. The number of hydrogen-bond acceptors (Lipinski definition) is 5. The Hall–Kier alpha value is -1.48. The van der Waals surface area contributed by atoms with Gasteiger partial charge in [0.15, 0.2) is 0 Å². The molecule has 2 aliphatic rings. The van der Waals surface area contributed by atoms with E-state index in [-0.39, 0.29) is 29.5 Å². The maximum Gasteiger partial charge on any atom is 0.251 e. The van der Waals surface area contributed by atoms with Crippen molar-refractivity contribution in [1.29, 1.82) is 0 Å². The van der Waals surface area contributed by atoms with Crippen molar-refractivity contribution in [2.45, 2.75) is 62.5 Å². The second-order valence-corrected chi connectivity index (χ2v) is 9.72. The number of benzene rings is 1. The van der Waals surface area contributed by atoms with Gasteiger partial charge < -0.3 is 15.0 Å². The maximum atomic E-state index is 12.7. The first-order valence-electron chi connectivity index (χ1n) is 10.7. The quantitative estimate of drug-likeness (QED) is 0.635. The summed E-state index contributed by atoms with van der Waals surface area (Å²) in [6.07, 6.45) is 6.01. The first-order valence-corrected chi connectivity index (χ1v) is 12.2. The van der Waals surface area contributed by atoms with E-state index in [9.17, 15) is 13.2 Å². The summed E-state index contributed by atoms with van der Waals surface area (Å²) in [5.41, 5.74) is 0.374. The molecule has 1 atom stereocenters. The van der Waals surface area contributed by atoms with Gasteiger partial charge in [0.05, 0.1) is 11.0 Å². The van der Waals surface area contributed by atoms with Crippen LogP contribution in [0.15, 0.2) is 29.2 Å². The average Bonchev–Trinajstić information content (AvgIpc) is 3.26. The molecule has 162 valence electrons. The summed E-state index contributed by atoms with van der Waals surface area (Å²) in [5, 5.41) is 3.07. The summed E-state index contributed by atoms with van der Waals surface area (Å²) in [4.78, 5) is 15.2. The molecule has 1 unspecified atom stereocenters. The van der Waals surface area contributed by atoms with Crippen LogP contribution in [-0.2, 0) is 14.8 Å². The number of piperidine rings is 1. The van der Waals surface area contributed by atoms with Crippen molar-refractivity contribution in [2.24, 2.45) is 0 Å². The standard InChI is InChI=1S/C21H33N3O4S/c1-2-3-11-24-12-9-18(10-13-24)23-21(25)17-6-4-8-20(15-17)29(26,27)22-16-19-7-5-14-28-19/h4,6,8,15,18-19,22H,2-3,5,7,9-14,16H2,1H3,(H,23,25). The smallest absolute Gasteiger partial charge is 0.251 e. The average molecular weight is 424 g/mol. The van der Waals surface area contributed by atoms with Crippen LogP contribution in [0, 0.1) is 0 Å². The lowest BCUT2D eigenvalue weighted by Crippen LogP contribution is -2.44. The van der Waals surface area contributed by atoms with Crippen molar-refractivity contribution < 1.29 is 17.9 Å². The maximum absolute atomic E-state index is 12.7. The van der Waals surface area contributed by atoms with Crippen LogP contribution in [0.3, 0.4) is 0 Å². The lowest BCUT2D eigenvalue weighted by atomic mass is 10.0. The van der Waals surface area contributed by atoms with Crippen LogP contribution in [0.5, 0.6) is 0 Å². The second-order valence-electron chi connectivity index (χ2n) is 7.96. The monoisotopic (exact) mass is 423 g/mol. The molecule has 8 heteroatoms. The molecule has 0 spiro atoms. The summed E-state index contributed by atoms with van der Waals surface area (Å²) in [6, 6.07) is 6.37. The number of nitrogens with one attached hydrogen (secondary N) is 2. The van der Waals surface area contributed by atoms with Gasteiger partial charge in [-0.25, -0.2) is 13.1 Å². The van der Waals surface area contributed by atoms with Crippen LogP contribution < -0.4 is 10.0 Å². The van der Waals surface area contributed by atoms with Crippen LogP contribution in [0.1, 0.15) is 55.8 Å². The number of sulfonamides is 1.